The van der Waals surface area contributed by atoms with Gasteiger partial charge in [-0.3, -0.25) is 10.1 Å². The Kier molecular flexibility index (Phi) is 6.61. The number of hydrogen-bond donors (Lipinski definition) is 2. The van der Waals surface area contributed by atoms with Crippen molar-refractivity contribution < 1.29 is 13.9 Å². The first-order chi connectivity index (χ1) is 9.45. The van der Waals surface area contributed by atoms with Gasteiger partial charge in [0.1, 0.15) is 5.82 Å². The highest BCUT2D eigenvalue weighted by Gasteiger charge is 2.16. The number of carbonyl (C=O) groups is 1. The molecule has 1 rings (SSSR count). The second-order valence-corrected chi connectivity index (χ2v) is 4.90. The maximum atomic E-state index is 13.5. The summed E-state index contributed by atoms with van der Waals surface area (Å²) in [6.45, 7) is 6.38. The number of halogens is 1. The summed E-state index contributed by atoms with van der Waals surface area (Å²) in [6, 6.07) is 4.65. The Morgan fingerprint density at radius 1 is 1.40 bits per heavy atom. The van der Waals surface area contributed by atoms with Crippen LogP contribution in [0.5, 0.6) is 0 Å². The molecule has 4 nitrogen and oxygen atoms in total. The highest BCUT2D eigenvalue weighted by molar-refractivity contribution is 5.81. The Balaban J connectivity index is 2.53. The van der Waals surface area contributed by atoms with Crippen molar-refractivity contribution in [1.29, 1.82) is 0 Å². The van der Waals surface area contributed by atoms with E-state index in [0.29, 0.717) is 18.7 Å². The van der Waals surface area contributed by atoms with E-state index < -0.39 is 0 Å². The third-order valence-corrected chi connectivity index (χ3v) is 3.19. The van der Waals surface area contributed by atoms with Crippen LogP contribution < -0.4 is 10.6 Å². The van der Waals surface area contributed by atoms with Crippen LogP contribution in [0.4, 0.5) is 4.39 Å². The van der Waals surface area contributed by atoms with Crippen molar-refractivity contribution in [3.8, 4) is 0 Å². The summed E-state index contributed by atoms with van der Waals surface area (Å²) >= 11 is 0. The standard InChI is InChI=1S/C15H23FN2O2/c1-10-5-6-13(9-14(10)16)11(2)18-12(3)15(19)17-7-8-20-4/h5-6,9,11-12,18H,7-8H2,1-4H3,(H,17,19). The number of nitrogens with one attached hydrogen (secondary N) is 2. The number of rotatable bonds is 7. The van der Waals surface area contributed by atoms with E-state index >= 15 is 0 Å². The fraction of sp³-hybridized carbons (Fsp3) is 0.533. The Morgan fingerprint density at radius 2 is 2.10 bits per heavy atom. The maximum Gasteiger partial charge on any atom is 0.236 e. The summed E-state index contributed by atoms with van der Waals surface area (Å²) in [7, 11) is 1.59. The Morgan fingerprint density at radius 3 is 2.70 bits per heavy atom. The van der Waals surface area contributed by atoms with Crippen LogP contribution in [0.2, 0.25) is 0 Å². The summed E-state index contributed by atoms with van der Waals surface area (Å²) in [4.78, 5) is 11.8. The summed E-state index contributed by atoms with van der Waals surface area (Å²) < 4.78 is 18.4. The summed E-state index contributed by atoms with van der Waals surface area (Å²) in [5, 5.41) is 5.91. The average Bonchev–Trinajstić information content (AvgIpc) is 2.41. The van der Waals surface area contributed by atoms with Gasteiger partial charge in [-0.1, -0.05) is 12.1 Å². The van der Waals surface area contributed by atoms with Gasteiger partial charge < -0.3 is 10.1 Å². The molecule has 1 amide bonds. The summed E-state index contributed by atoms with van der Waals surface area (Å²) in [6.07, 6.45) is 0. The Bertz CT molecular complexity index is 451. The lowest BCUT2D eigenvalue weighted by molar-refractivity contribution is -0.123. The van der Waals surface area contributed by atoms with Gasteiger partial charge in [-0.15, -0.1) is 0 Å². The van der Waals surface area contributed by atoms with Crippen molar-refractivity contribution in [2.24, 2.45) is 0 Å². The lowest BCUT2D eigenvalue weighted by Gasteiger charge is -2.20. The van der Waals surface area contributed by atoms with Gasteiger partial charge in [-0.2, -0.15) is 0 Å². The van der Waals surface area contributed by atoms with Crippen LogP contribution >= 0.6 is 0 Å². The molecular weight excluding hydrogens is 259 g/mol. The monoisotopic (exact) mass is 282 g/mol. The predicted molar refractivity (Wildman–Crippen MR) is 77.0 cm³/mol. The number of methoxy groups -OCH3 is 1. The van der Waals surface area contributed by atoms with Gasteiger partial charge in [0.2, 0.25) is 5.91 Å². The topological polar surface area (TPSA) is 50.4 Å². The zero-order valence-electron chi connectivity index (χ0n) is 12.5. The molecule has 0 aliphatic rings. The largest absolute Gasteiger partial charge is 0.383 e. The predicted octanol–water partition coefficient (Wildman–Crippen LogP) is 1.94. The lowest BCUT2D eigenvalue weighted by atomic mass is 10.1. The van der Waals surface area contributed by atoms with Crippen LogP contribution in [0, 0.1) is 12.7 Å². The van der Waals surface area contributed by atoms with Crippen molar-refractivity contribution in [3.63, 3.8) is 0 Å². The van der Waals surface area contributed by atoms with Crippen LogP contribution in [-0.4, -0.2) is 32.2 Å². The summed E-state index contributed by atoms with van der Waals surface area (Å²) in [5.74, 6) is -0.324. The maximum absolute atomic E-state index is 13.5. The first kappa shape index (κ1) is 16.6. The fourth-order valence-electron chi connectivity index (χ4n) is 1.85. The van der Waals surface area contributed by atoms with E-state index in [1.54, 1.807) is 27.0 Å². The molecule has 0 saturated heterocycles. The number of benzene rings is 1. The molecule has 0 spiro atoms. The van der Waals surface area contributed by atoms with Crippen LogP contribution in [-0.2, 0) is 9.53 Å². The van der Waals surface area contributed by atoms with Gasteiger partial charge in [0.05, 0.1) is 12.6 Å². The number of carbonyl (C=O) groups excluding carboxylic acids is 1. The number of amides is 1. The molecule has 20 heavy (non-hydrogen) atoms. The molecule has 1 aromatic rings. The number of ether oxygens (including phenoxy) is 1. The minimum absolute atomic E-state index is 0.0958. The SMILES string of the molecule is COCCNC(=O)C(C)NC(C)c1ccc(C)c(F)c1. The minimum Gasteiger partial charge on any atom is -0.383 e. The molecule has 5 heteroatoms. The first-order valence-electron chi connectivity index (χ1n) is 6.74. The molecule has 112 valence electrons. The zero-order chi connectivity index (χ0) is 15.1. The van der Waals surface area contributed by atoms with Crippen LogP contribution in [0.1, 0.15) is 31.0 Å². The van der Waals surface area contributed by atoms with Gasteiger partial charge in [0.15, 0.2) is 0 Å². The molecule has 1 aromatic carbocycles. The second-order valence-electron chi connectivity index (χ2n) is 4.90. The van der Waals surface area contributed by atoms with E-state index in [0.717, 1.165) is 5.56 Å². The van der Waals surface area contributed by atoms with Gasteiger partial charge in [-0.05, 0) is 38.0 Å². The molecule has 0 aliphatic carbocycles. The average molecular weight is 282 g/mol. The molecule has 0 radical (unpaired) electrons. The van der Waals surface area contributed by atoms with Crippen LogP contribution in [0.25, 0.3) is 0 Å². The van der Waals surface area contributed by atoms with E-state index in [-0.39, 0.29) is 23.8 Å². The Hall–Kier alpha value is -1.46. The second kappa shape index (κ2) is 7.97. The number of aryl methyl sites for hydroxylation is 1. The quantitative estimate of drug-likeness (QED) is 0.751. The van der Waals surface area contributed by atoms with E-state index in [1.807, 2.05) is 13.0 Å². The van der Waals surface area contributed by atoms with Crippen LogP contribution in [0.15, 0.2) is 18.2 Å². The molecule has 0 bridgehead atoms. The summed E-state index contributed by atoms with van der Waals surface area (Å²) in [5.41, 5.74) is 1.44. The normalized spacial score (nSPS) is 13.8. The highest BCUT2D eigenvalue weighted by atomic mass is 19.1. The van der Waals surface area contributed by atoms with Crippen molar-refractivity contribution in [1.82, 2.24) is 10.6 Å². The van der Waals surface area contributed by atoms with E-state index in [9.17, 15) is 9.18 Å². The highest BCUT2D eigenvalue weighted by Crippen LogP contribution is 2.16. The third-order valence-electron chi connectivity index (χ3n) is 3.19. The van der Waals surface area contributed by atoms with E-state index in [2.05, 4.69) is 10.6 Å². The number of hydrogen-bond acceptors (Lipinski definition) is 3. The van der Waals surface area contributed by atoms with Crippen molar-refractivity contribution in [2.75, 3.05) is 20.3 Å². The molecule has 0 heterocycles. The zero-order valence-corrected chi connectivity index (χ0v) is 12.5. The molecule has 2 unspecified atom stereocenters. The molecule has 0 saturated carbocycles. The van der Waals surface area contributed by atoms with Crippen molar-refractivity contribution in [2.45, 2.75) is 32.9 Å². The van der Waals surface area contributed by atoms with Gasteiger partial charge in [0.25, 0.3) is 0 Å². The third kappa shape index (κ3) is 4.90. The van der Waals surface area contributed by atoms with Gasteiger partial charge in [-0.25, -0.2) is 4.39 Å². The fourth-order valence-corrected chi connectivity index (χ4v) is 1.85. The molecule has 2 N–H and O–H groups in total. The van der Waals surface area contributed by atoms with Gasteiger partial charge in [0, 0.05) is 19.7 Å². The lowest BCUT2D eigenvalue weighted by Crippen LogP contribution is -2.44. The Labute approximate surface area is 119 Å². The first-order valence-corrected chi connectivity index (χ1v) is 6.74. The molecular formula is C15H23FN2O2. The smallest absolute Gasteiger partial charge is 0.236 e. The molecule has 2 atom stereocenters. The molecule has 0 aromatic heterocycles. The molecule has 0 fully saturated rings. The van der Waals surface area contributed by atoms with E-state index in [4.69, 9.17) is 4.74 Å². The van der Waals surface area contributed by atoms with Crippen molar-refractivity contribution >= 4 is 5.91 Å². The van der Waals surface area contributed by atoms with Crippen LogP contribution in [0.3, 0.4) is 0 Å². The van der Waals surface area contributed by atoms with Crippen molar-refractivity contribution in [3.05, 3.63) is 35.1 Å². The molecule has 0 aliphatic heterocycles. The van der Waals surface area contributed by atoms with Gasteiger partial charge >= 0.3 is 0 Å². The minimum atomic E-state index is -0.355. The van der Waals surface area contributed by atoms with E-state index in [1.165, 1.54) is 6.07 Å².